The summed E-state index contributed by atoms with van der Waals surface area (Å²) in [5, 5.41) is 10.2. The minimum Gasteiger partial charge on any atom is -0.338 e. The number of nitrogens with one attached hydrogen (secondary N) is 2. The van der Waals surface area contributed by atoms with Gasteiger partial charge in [0.15, 0.2) is 5.82 Å². The van der Waals surface area contributed by atoms with E-state index < -0.39 is 0 Å². The Morgan fingerprint density at radius 1 is 1.64 bits per heavy atom. The van der Waals surface area contributed by atoms with Crippen molar-refractivity contribution in [3.63, 3.8) is 0 Å². The Labute approximate surface area is 83.3 Å². The third-order valence-corrected chi connectivity index (χ3v) is 2.52. The van der Waals surface area contributed by atoms with Crippen LogP contribution < -0.4 is 10.6 Å². The molecule has 2 heterocycles. The maximum atomic E-state index is 4.94. The molecule has 0 bridgehead atoms. The number of nitrogens with zero attached hydrogens (tertiary/aromatic N) is 2. The normalized spacial score (nSPS) is 21.4. The van der Waals surface area contributed by atoms with Gasteiger partial charge in [-0.2, -0.15) is 4.98 Å². The van der Waals surface area contributed by atoms with Gasteiger partial charge < -0.3 is 15.2 Å². The zero-order valence-electron chi connectivity index (χ0n) is 8.42. The maximum Gasteiger partial charge on any atom is 0.321 e. The van der Waals surface area contributed by atoms with Crippen LogP contribution in [0.25, 0.3) is 0 Å². The van der Waals surface area contributed by atoms with E-state index in [1.807, 2.05) is 6.92 Å². The summed E-state index contributed by atoms with van der Waals surface area (Å²) in [6.07, 6.45) is 2.44. The van der Waals surface area contributed by atoms with Crippen molar-refractivity contribution in [1.82, 2.24) is 15.5 Å². The van der Waals surface area contributed by atoms with Gasteiger partial charge in [-0.3, -0.25) is 0 Å². The average Bonchev–Trinajstić information content (AvgIpc) is 2.77. The summed E-state index contributed by atoms with van der Waals surface area (Å²) >= 11 is 0. The Kier molecular flexibility index (Phi) is 2.98. The zero-order chi connectivity index (χ0) is 9.80. The summed E-state index contributed by atoms with van der Waals surface area (Å²) in [5.41, 5.74) is 0. The number of hydrogen-bond acceptors (Lipinski definition) is 5. The van der Waals surface area contributed by atoms with Gasteiger partial charge in [0.25, 0.3) is 0 Å². The van der Waals surface area contributed by atoms with Gasteiger partial charge in [0.2, 0.25) is 0 Å². The van der Waals surface area contributed by atoms with Crippen LogP contribution in [-0.2, 0) is 0 Å². The molecular formula is C9H16N4O. The SMILES string of the molecule is Cc1noc(NCCC2CCNC2)n1. The average molecular weight is 196 g/mol. The van der Waals surface area contributed by atoms with E-state index in [0.29, 0.717) is 11.8 Å². The Hall–Kier alpha value is -1.10. The predicted molar refractivity (Wildman–Crippen MR) is 53.1 cm³/mol. The molecule has 1 saturated heterocycles. The fourth-order valence-corrected chi connectivity index (χ4v) is 1.71. The van der Waals surface area contributed by atoms with Crippen LogP contribution in [0.4, 0.5) is 6.01 Å². The quantitative estimate of drug-likeness (QED) is 0.745. The van der Waals surface area contributed by atoms with Crippen molar-refractivity contribution < 1.29 is 4.52 Å². The highest BCUT2D eigenvalue weighted by molar-refractivity contribution is 5.17. The van der Waals surface area contributed by atoms with Gasteiger partial charge in [-0.25, -0.2) is 0 Å². The number of aromatic nitrogens is 2. The van der Waals surface area contributed by atoms with E-state index >= 15 is 0 Å². The van der Waals surface area contributed by atoms with Gasteiger partial charge >= 0.3 is 6.01 Å². The standard InChI is InChI=1S/C9H16N4O/c1-7-12-9(14-13-7)11-5-3-8-2-4-10-6-8/h8,10H,2-6H2,1H3,(H,11,12,13). The second kappa shape index (κ2) is 4.41. The highest BCUT2D eigenvalue weighted by Gasteiger charge is 2.13. The minimum atomic E-state index is 0.536. The largest absolute Gasteiger partial charge is 0.338 e. The highest BCUT2D eigenvalue weighted by Crippen LogP contribution is 2.12. The van der Waals surface area contributed by atoms with Crippen molar-refractivity contribution in [2.24, 2.45) is 5.92 Å². The molecule has 1 aromatic rings. The molecule has 1 aliphatic heterocycles. The molecule has 2 N–H and O–H groups in total. The van der Waals surface area contributed by atoms with Crippen molar-refractivity contribution in [3.8, 4) is 0 Å². The van der Waals surface area contributed by atoms with E-state index in [1.54, 1.807) is 0 Å². The molecule has 5 heteroatoms. The van der Waals surface area contributed by atoms with Crippen molar-refractivity contribution >= 4 is 6.01 Å². The second-order valence-corrected chi connectivity index (χ2v) is 3.72. The number of hydrogen-bond donors (Lipinski definition) is 2. The molecule has 1 aliphatic rings. The molecule has 5 nitrogen and oxygen atoms in total. The summed E-state index contributed by atoms with van der Waals surface area (Å²) in [6, 6.07) is 0.536. The fraction of sp³-hybridized carbons (Fsp3) is 0.778. The molecule has 0 radical (unpaired) electrons. The first-order chi connectivity index (χ1) is 6.84. The van der Waals surface area contributed by atoms with Gasteiger partial charge in [0.1, 0.15) is 0 Å². The maximum absolute atomic E-state index is 4.94. The fourth-order valence-electron chi connectivity index (χ4n) is 1.71. The van der Waals surface area contributed by atoms with Crippen LogP contribution in [0.5, 0.6) is 0 Å². The molecule has 1 unspecified atom stereocenters. The third kappa shape index (κ3) is 2.45. The molecule has 0 aliphatic carbocycles. The van der Waals surface area contributed by atoms with Crippen molar-refractivity contribution in [2.75, 3.05) is 25.0 Å². The van der Waals surface area contributed by atoms with E-state index in [2.05, 4.69) is 20.8 Å². The molecule has 78 valence electrons. The number of aryl methyl sites for hydroxylation is 1. The monoisotopic (exact) mass is 196 g/mol. The molecule has 0 aromatic carbocycles. The number of rotatable bonds is 4. The molecule has 0 saturated carbocycles. The van der Waals surface area contributed by atoms with Gasteiger partial charge in [-0.05, 0) is 38.8 Å². The predicted octanol–water partition coefficient (Wildman–Crippen LogP) is 0.790. The van der Waals surface area contributed by atoms with Crippen LogP contribution in [0, 0.1) is 12.8 Å². The van der Waals surface area contributed by atoms with E-state index in [0.717, 1.165) is 32.0 Å². The summed E-state index contributed by atoms with van der Waals surface area (Å²) < 4.78 is 4.94. The molecule has 1 atom stereocenters. The molecular weight excluding hydrogens is 180 g/mol. The van der Waals surface area contributed by atoms with E-state index in [-0.39, 0.29) is 0 Å². The summed E-state index contributed by atoms with van der Waals surface area (Å²) in [7, 11) is 0. The Morgan fingerprint density at radius 3 is 3.21 bits per heavy atom. The molecule has 0 amide bonds. The lowest BCUT2D eigenvalue weighted by atomic mass is 10.1. The Balaban J connectivity index is 1.67. The third-order valence-electron chi connectivity index (χ3n) is 2.52. The molecule has 1 fully saturated rings. The zero-order valence-corrected chi connectivity index (χ0v) is 8.42. The van der Waals surface area contributed by atoms with Crippen LogP contribution in [0.15, 0.2) is 4.52 Å². The van der Waals surface area contributed by atoms with E-state index in [9.17, 15) is 0 Å². The van der Waals surface area contributed by atoms with Crippen molar-refractivity contribution in [2.45, 2.75) is 19.8 Å². The van der Waals surface area contributed by atoms with Crippen LogP contribution in [0.3, 0.4) is 0 Å². The molecule has 2 rings (SSSR count). The van der Waals surface area contributed by atoms with Gasteiger partial charge in [-0.1, -0.05) is 5.16 Å². The van der Waals surface area contributed by atoms with Gasteiger partial charge in [0.05, 0.1) is 0 Å². The molecule has 1 aromatic heterocycles. The highest BCUT2D eigenvalue weighted by atomic mass is 16.5. The Bertz CT molecular complexity index is 280. The lowest BCUT2D eigenvalue weighted by Crippen LogP contribution is -2.12. The first-order valence-electron chi connectivity index (χ1n) is 5.09. The lowest BCUT2D eigenvalue weighted by molar-refractivity contribution is 0.423. The molecule has 14 heavy (non-hydrogen) atoms. The number of anilines is 1. The topological polar surface area (TPSA) is 63.0 Å². The second-order valence-electron chi connectivity index (χ2n) is 3.72. The van der Waals surface area contributed by atoms with Crippen LogP contribution in [0.2, 0.25) is 0 Å². The van der Waals surface area contributed by atoms with Gasteiger partial charge in [0, 0.05) is 6.54 Å². The summed E-state index contributed by atoms with van der Waals surface area (Å²) in [5.74, 6) is 1.47. The van der Waals surface area contributed by atoms with E-state index in [1.165, 1.54) is 6.42 Å². The van der Waals surface area contributed by atoms with Crippen LogP contribution in [-0.4, -0.2) is 29.8 Å². The first kappa shape index (κ1) is 9.45. The smallest absolute Gasteiger partial charge is 0.321 e. The van der Waals surface area contributed by atoms with E-state index in [4.69, 9.17) is 4.52 Å². The molecule has 0 spiro atoms. The minimum absolute atomic E-state index is 0.536. The summed E-state index contributed by atoms with van der Waals surface area (Å²) in [6.45, 7) is 5.03. The van der Waals surface area contributed by atoms with Gasteiger partial charge in [-0.15, -0.1) is 0 Å². The van der Waals surface area contributed by atoms with Crippen molar-refractivity contribution in [1.29, 1.82) is 0 Å². The summed E-state index contributed by atoms with van der Waals surface area (Å²) in [4.78, 5) is 4.07. The van der Waals surface area contributed by atoms with Crippen LogP contribution in [0.1, 0.15) is 18.7 Å². The van der Waals surface area contributed by atoms with Crippen LogP contribution >= 0.6 is 0 Å². The first-order valence-corrected chi connectivity index (χ1v) is 5.09. The lowest BCUT2D eigenvalue weighted by Gasteiger charge is -2.06. The van der Waals surface area contributed by atoms with Crippen molar-refractivity contribution in [3.05, 3.63) is 5.82 Å². The Morgan fingerprint density at radius 2 is 2.57 bits per heavy atom.